The Labute approximate surface area is 114 Å². The molecule has 0 bridgehead atoms. The first-order valence-electron chi connectivity index (χ1n) is 5.88. The number of alkyl halides is 3. The molecule has 0 saturated carbocycles. The lowest BCUT2D eigenvalue weighted by atomic mass is 10.1. The first-order valence-corrected chi connectivity index (χ1v) is 5.88. The van der Waals surface area contributed by atoms with Gasteiger partial charge in [0.1, 0.15) is 5.75 Å². The van der Waals surface area contributed by atoms with E-state index in [1.54, 1.807) is 0 Å². The van der Waals surface area contributed by atoms with Gasteiger partial charge in [0.15, 0.2) is 0 Å². The summed E-state index contributed by atoms with van der Waals surface area (Å²) in [7, 11) is 0. The molecule has 0 fully saturated rings. The minimum absolute atomic E-state index is 0.0180. The molecule has 0 N–H and O–H groups in total. The summed E-state index contributed by atoms with van der Waals surface area (Å²) < 4.78 is 39.7. The van der Waals surface area contributed by atoms with Gasteiger partial charge in [0.05, 0.1) is 4.92 Å². The van der Waals surface area contributed by atoms with Crippen molar-refractivity contribution in [2.75, 3.05) is 0 Å². The van der Waals surface area contributed by atoms with Crippen molar-refractivity contribution in [1.29, 1.82) is 0 Å². The first-order chi connectivity index (χ1) is 9.17. The zero-order valence-corrected chi connectivity index (χ0v) is 11.0. The van der Waals surface area contributed by atoms with Crippen LogP contribution in [0.25, 0.3) is 6.08 Å². The van der Waals surface area contributed by atoms with Crippen LogP contribution in [0.4, 0.5) is 13.2 Å². The van der Waals surface area contributed by atoms with Gasteiger partial charge in [-0.3, -0.25) is 10.1 Å². The monoisotopic (exact) mass is 289 g/mol. The van der Waals surface area contributed by atoms with Crippen molar-refractivity contribution in [3.05, 3.63) is 45.6 Å². The number of hydrogen-bond donors (Lipinski definition) is 0. The van der Waals surface area contributed by atoms with E-state index in [2.05, 4.69) is 4.74 Å². The number of halogens is 3. The summed E-state index contributed by atoms with van der Waals surface area (Å²) in [4.78, 5) is 10.4. The molecule has 0 aliphatic carbocycles. The van der Waals surface area contributed by atoms with Crippen LogP contribution < -0.4 is 4.74 Å². The Balaban J connectivity index is 2.89. The van der Waals surface area contributed by atoms with Gasteiger partial charge in [-0.05, 0) is 23.6 Å². The normalized spacial score (nSPS) is 12.6. The standard InChI is InChI=1S/C13H14F3NO3/c1-9(2)7-11(17(18)19)8-10-3-5-12(6-4-10)20-13(14,15)16/h3-6,8-9H,7H2,1-2H3. The van der Waals surface area contributed by atoms with Gasteiger partial charge in [-0.2, -0.15) is 0 Å². The highest BCUT2D eigenvalue weighted by atomic mass is 19.4. The maximum Gasteiger partial charge on any atom is 0.573 e. The van der Waals surface area contributed by atoms with Gasteiger partial charge in [-0.15, -0.1) is 13.2 Å². The largest absolute Gasteiger partial charge is 0.573 e. The second-order valence-corrected chi connectivity index (χ2v) is 4.61. The lowest BCUT2D eigenvalue weighted by molar-refractivity contribution is -0.427. The highest BCUT2D eigenvalue weighted by Crippen LogP contribution is 2.24. The molecule has 0 radical (unpaired) electrons. The molecule has 1 aromatic rings. The van der Waals surface area contributed by atoms with Crippen molar-refractivity contribution in [2.24, 2.45) is 5.92 Å². The second-order valence-electron chi connectivity index (χ2n) is 4.61. The summed E-state index contributed by atoms with van der Waals surface area (Å²) in [6.07, 6.45) is -3.12. The molecule has 0 aliphatic rings. The molecule has 4 nitrogen and oxygen atoms in total. The molecular formula is C13H14F3NO3. The van der Waals surface area contributed by atoms with Crippen molar-refractivity contribution >= 4 is 6.08 Å². The van der Waals surface area contributed by atoms with E-state index < -0.39 is 11.3 Å². The summed E-state index contributed by atoms with van der Waals surface area (Å²) in [5.41, 5.74) is 0.469. The van der Waals surface area contributed by atoms with Crippen molar-refractivity contribution in [1.82, 2.24) is 0 Å². The number of nitrogens with zero attached hydrogens (tertiary/aromatic N) is 1. The van der Waals surface area contributed by atoms with Gasteiger partial charge in [0, 0.05) is 12.5 Å². The smallest absolute Gasteiger partial charge is 0.406 e. The van der Waals surface area contributed by atoms with Crippen molar-refractivity contribution in [2.45, 2.75) is 26.6 Å². The van der Waals surface area contributed by atoms with Crippen LogP contribution in [0.15, 0.2) is 30.0 Å². The van der Waals surface area contributed by atoms with Crippen LogP contribution in [0, 0.1) is 16.0 Å². The zero-order chi connectivity index (χ0) is 15.3. The van der Waals surface area contributed by atoms with E-state index in [-0.39, 0.29) is 23.8 Å². The van der Waals surface area contributed by atoms with Gasteiger partial charge in [0.25, 0.3) is 0 Å². The molecule has 1 aromatic carbocycles. The molecule has 0 unspecified atom stereocenters. The molecule has 0 atom stereocenters. The topological polar surface area (TPSA) is 52.4 Å². The van der Waals surface area contributed by atoms with Crippen LogP contribution in [0.2, 0.25) is 0 Å². The maximum absolute atomic E-state index is 12.0. The van der Waals surface area contributed by atoms with Gasteiger partial charge in [-0.25, -0.2) is 0 Å². The lowest BCUT2D eigenvalue weighted by Gasteiger charge is -2.08. The second kappa shape index (κ2) is 6.40. The predicted octanol–water partition coefficient (Wildman–Crippen LogP) is 4.25. The highest BCUT2D eigenvalue weighted by molar-refractivity contribution is 5.52. The summed E-state index contributed by atoms with van der Waals surface area (Å²) in [5, 5.41) is 10.9. The maximum atomic E-state index is 12.0. The van der Waals surface area contributed by atoms with Crippen molar-refractivity contribution < 1.29 is 22.8 Å². The quantitative estimate of drug-likeness (QED) is 0.601. The number of allylic oxidation sites excluding steroid dienone is 1. The summed E-state index contributed by atoms with van der Waals surface area (Å²) in [6, 6.07) is 4.91. The molecule has 0 aliphatic heterocycles. The predicted molar refractivity (Wildman–Crippen MR) is 67.6 cm³/mol. The van der Waals surface area contributed by atoms with Gasteiger partial charge < -0.3 is 4.74 Å². The Morgan fingerprint density at radius 3 is 2.30 bits per heavy atom. The third-order valence-corrected chi connectivity index (χ3v) is 2.30. The van der Waals surface area contributed by atoms with E-state index in [0.717, 1.165) is 12.1 Å². The molecule has 0 saturated heterocycles. The molecular weight excluding hydrogens is 275 g/mol. The number of ether oxygens (including phenoxy) is 1. The van der Waals surface area contributed by atoms with E-state index in [1.165, 1.54) is 18.2 Å². The van der Waals surface area contributed by atoms with Gasteiger partial charge in [0.2, 0.25) is 5.70 Å². The fraction of sp³-hybridized carbons (Fsp3) is 0.385. The molecule has 20 heavy (non-hydrogen) atoms. The van der Waals surface area contributed by atoms with Crippen LogP contribution in [0.5, 0.6) is 5.75 Å². The highest BCUT2D eigenvalue weighted by Gasteiger charge is 2.30. The van der Waals surface area contributed by atoms with E-state index in [0.29, 0.717) is 5.56 Å². The average molecular weight is 289 g/mol. The molecule has 0 aromatic heterocycles. The fourth-order valence-electron chi connectivity index (χ4n) is 1.56. The minimum atomic E-state index is -4.75. The third-order valence-electron chi connectivity index (χ3n) is 2.30. The van der Waals surface area contributed by atoms with Crippen LogP contribution >= 0.6 is 0 Å². The number of nitro groups is 1. The van der Waals surface area contributed by atoms with Crippen LogP contribution in [-0.4, -0.2) is 11.3 Å². The van der Waals surface area contributed by atoms with Gasteiger partial charge >= 0.3 is 6.36 Å². The fourth-order valence-corrected chi connectivity index (χ4v) is 1.56. The molecule has 7 heteroatoms. The Kier molecular flexibility index (Phi) is 5.12. The number of benzene rings is 1. The molecule has 0 amide bonds. The molecule has 0 spiro atoms. The van der Waals surface area contributed by atoms with Crippen molar-refractivity contribution in [3.63, 3.8) is 0 Å². The van der Waals surface area contributed by atoms with Crippen LogP contribution in [0.3, 0.4) is 0 Å². The Hall–Kier alpha value is -2.05. The van der Waals surface area contributed by atoms with Crippen LogP contribution in [0.1, 0.15) is 25.8 Å². The van der Waals surface area contributed by atoms with Crippen molar-refractivity contribution in [3.8, 4) is 5.75 Å². The van der Waals surface area contributed by atoms with E-state index in [4.69, 9.17) is 0 Å². The lowest BCUT2D eigenvalue weighted by Crippen LogP contribution is -2.16. The first kappa shape index (κ1) is 16.0. The Morgan fingerprint density at radius 2 is 1.90 bits per heavy atom. The minimum Gasteiger partial charge on any atom is -0.406 e. The number of hydrogen-bond acceptors (Lipinski definition) is 3. The molecule has 1 rings (SSSR count). The van der Waals surface area contributed by atoms with Gasteiger partial charge in [-0.1, -0.05) is 26.0 Å². The van der Waals surface area contributed by atoms with E-state index in [1.807, 2.05) is 13.8 Å². The summed E-state index contributed by atoms with van der Waals surface area (Å²) >= 11 is 0. The third kappa shape index (κ3) is 5.73. The molecule has 0 heterocycles. The van der Waals surface area contributed by atoms with E-state index >= 15 is 0 Å². The zero-order valence-electron chi connectivity index (χ0n) is 11.0. The Bertz CT molecular complexity index is 493. The summed E-state index contributed by atoms with van der Waals surface area (Å²) in [5.74, 6) is -0.249. The molecule has 110 valence electrons. The van der Waals surface area contributed by atoms with E-state index in [9.17, 15) is 23.3 Å². The Morgan fingerprint density at radius 1 is 1.35 bits per heavy atom. The average Bonchev–Trinajstić information content (AvgIpc) is 2.28. The SMILES string of the molecule is CC(C)CC(=Cc1ccc(OC(F)(F)F)cc1)[N+](=O)[O-]. The number of rotatable bonds is 5. The van der Waals surface area contributed by atoms with Crippen LogP contribution in [-0.2, 0) is 0 Å². The summed E-state index contributed by atoms with van der Waals surface area (Å²) in [6.45, 7) is 3.69.